The normalized spacial score (nSPS) is 12.4. The number of aryl methyl sites for hydroxylation is 2. The summed E-state index contributed by atoms with van der Waals surface area (Å²) < 4.78 is 0. The van der Waals surface area contributed by atoms with E-state index in [1.165, 1.54) is 22.3 Å². The topological polar surface area (TPSA) is 0 Å². The smallest absolute Gasteiger partial charge is 0.0625 e. The van der Waals surface area contributed by atoms with Gasteiger partial charge in [-0.3, -0.25) is 0 Å². The van der Waals surface area contributed by atoms with Crippen molar-refractivity contribution in [3.05, 3.63) is 70.8 Å². The van der Waals surface area contributed by atoms with Crippen LogP contribution in [-0.2, 0) is 6.42 Å². The van der Waals surface area contributed by atoms with Crippen molar-refractivity contribution in [3.8, 4) is 0 Å². The zero-order valence-corrected chi connectivity index (χ0v) is 11.0. The maximum absolute atomic E-state index is 6.48. The van der Waals surface area contributed by atoms with E-state index in [2.05, 4.69) is 56.3 Å². The monoisotopic (exact) mass is 244 g/mol. The van der Waals surface area contributed by atoms with E-state index >= 15 is 0 Å². The molecule has 0 spiro atoms. The maximum atomic E-state index is 6.48. The van der Waals surface area contributed by atoms with Crippen LogP contribution in [0.4, 0.5) is 0 Å². The minimum atomic E-state index is 0.0519. The Bertz CT molecular complexity index is 468. The summed E-state index contributed by atoms with van der Waals surface area (Å²) in [4.78, 5) is 0. The molecular formula is C16H17Cl. The Morgan fingerprint density at radius 3 is 2.12 bits per heavy atom. The van der Waals surface area contributed by atoms with Crippen molar-refractivity contribution in [2.45, 2.75) is 25.6 Å². The van der Waals surface area contributed by atoms with Crippen LogP contribution < -0.4 is 0 Å². The molecule has 0 saturated heterocycles. The summed E-state index contributed by atoms with van der Waals surface area (Å²) in [5, 5.41) is 0.0519. The van der Waals surface area contributed by atoms with Gasteiger partial charge in [0.2, 0.25) is 0 Å². The first-order valence-electron chi connectivity index (χ1n) is 5.91. The highest BCUT2D eigenvalue weighted by Gasteiger charge is 2.09. The van der Waals surface area contributed by atoms with Crippen molar-refractivity contribution >= 4 is 11.6 Å². The van der Waals surface area contributed by atoms with Gasteiger partial charge in [0.1, 0.15) is 0 Å². The number of hydrogen-bond acceptors (Lipinski definition) is 0. The summed E-state index contributed by atoms with van der Waals surface area (Å²) in [5.41, 5.74) is 5.05. The number of alkyl halides is 1. The van der Waals surface area contributed by atoms with Gasteiger partial charge in [-0.1, -0.05) is 59.7 Å². The number of benzene rings is 2. The maximum Gasteiger partial charge on any atom is 0.0625 e. The summed E-state index contributed by atoms with van der Waals surface area (Å²) in [6.45, 7) is 4.23. The summed E-state index contributed by atoms with van der Waals surface area (Å²) >= 11 is 6.48. The van der Waals surface area contributed by atoms with Crippen LogP contribution in [0.1, 0.15) is 27.6 Å². The average molecular weight is 245 g/mol. The third-order valence-corrected chi connectivity index (χ3v) is 3.27. The molecule has 1 unspecified atom stereocenters. The van der Waals surface area contributed by atoms with Crippen molar-refractivity contribution in [3.63, 3.8) is 0 Å². The molecule has 0 nitrogen and oxygen atoms in total. The molecule has 0 aliphatic carbocycles. The second kappa shape index (κ2) is 5.37. The highest BCUT2D eigenvalue weighted by molar-refractivity contribution is 6.20. The minimum Gasteiger partial charge on any atom is -0.117 e. The van der Waals surface area contributed by atoms with Gasteiger partial charge in [0.05, 0.1) is 5.38 Å². The fourth-order valence-electron chi connectivity index (χ4n) is 2.13. The largest absolute Gasteiger partial charge is 0.117 e. The highest BCUT2D eigenvalue weighted by Crippen LogP contribution is 2.26. The Balaban J connectivity index is 2.17. The zero-order valence-electron chi connectivity index (χ0n) is 10.3. The van der Waals surface area contributed by atoms with E-state index in [1.807, 2.05) is 6.07 Å². The molecule has 0 radical (unpaired) electrons. The quantitative estimate of drug-likeness (QED) is 0.679. The van der Waals surface area contributed by atoms with Gasteiger partial charge in [-0.05, 0) is 31.4 Å². The van der Waals surface area contributed by atoms with Crippen LogP contribution in [-0.4, -0.2) is 0 Å². The molecule has 0 amide bonds. The minimum absolute atomic E-state index is 0.0519. The lowest BCUT2D eigenvalue weighted by molar-refractivity contribution is 0.916. The van der Waals surface area contributed by atoms with Crippen LogP contribution in [0.25, 0.3) is 0 Å². The zero-order chi connectivity index (χ0) is 12.3. The Kier molecular flexibility index (Phi) is 3.86. The van der Waals surface area contributed by atoms with E-state index in [4.69, 9.17) is 11.6 Å². The van der Waals surface area contributed by atoms with Crippen molar-refractivity contribution in [1.82, 2.24) is 0 Å². The summed E-state index contributed by atoms with van der Waals surface area (Å²) in [7, 11) is 0. The first kappa shape index (κ1) is 12.2. The lowest BCUT2D eigenvalue weighted by Gasteiger charge is -2.12. The lowest BCUT2D eigenvalue weighted by atomic mass is 10.0. The Morgan fingerprint density at radius 2 is 1.53 bits per heavy atom. The number of hydrogen-bond donors (Lipinski definition) is 0. The first-order valence-corrected chi connectivity index (χ1v) is 6.35. The molecule has 0 heterocycles. The molecule has 0 fully saturated rings. The van der Waals surface area contributed by atoms with Crippen LogP contribution in [0.3, 0.4) is 0 Å². The Morgan fingerprint density at radius 1 is 0.941 bits per heavy atom. The van der Waals surface area contributed by atoms with E-state index < -0.39 is 0 Å². The fourth-order valence-corrected chi connectivity index (χ4v) is 2.43. The Hall–Kier alpha value is -1.27. The standard InChI is InChI=1S/C16H17Cl/c1-12-8-13(2)10-15(9-12)16(17)11-14-6-4-3-5-7-14/h3-10,16H,11H2,1-2H3. The predicted octanol–water partition coefficient (Wildman–Crippen LogP) is 4.83. The third kappa shape index (κ3) is 3.34. The number of halogens is 1. The Labute approximate surface area is 108 Å². The van der Waals surface area contributed by atoms with E-state index in [9.17, 15) is 0 Å². The predicted molar refractivity (Wildman–Crippen MR) is 74.7 cm³/mol. The summed E-state index contributed by atoms with van der Waals surface area (Å²) in [6.07, 6.45) is 0.880. The molecule has 2 aromatic rings. The van der Waals surface area contributed by atoms with Crippen LogP contribution in [0, 0.1) is 13.8 Å². The molecule has 1 heteroatoms. The molecule has 0 aliphatic rings. The molecule has 2 rings (SSSR count). The van der Waals surface area contributed by atoms with Crippen LogP contribution in [0.5, 0.6) is 0 Å². The second-order valence-corrected chi connectivity index (χ2v) is 5.11. The van der Waals surface area contributed by atoms with Gasteiger partial charge in [0, 0.05) is 0 Å². The SMILES string of the molecule is Cc1cc(C)cc(C(Cl)Cc2ccccc2)c1. The van der Waals surface area contributed by atoms with Gasteiger partial charge in [-0.15, -0.1) is 11.6 Å². The molecule has 0 saturated carbocycles. The van der Waals surface area contributed by atoms with Gasteiger partial charge >= 0.3 is 0 Å². The molecule has 88 valence electrons. The van der Waals surface area contributed by atoms with Gasteiger partial charge in [0.25, 0.3) is 0 Å². The first-order chi connectivity index (χ1) is 8.15. The molecule has 0 N–H and O–H groups in total. The van der Waals surface area contributed by atoms with Crippen molar-refractivity contribution in [2.75, 3.05) is 0 Å². The van der Waals surface area contributed by atoms with Crippen LogP contribution in [0.15, 0.2) is 48.5 Å². The molecule has 17 heavy (non-hydrogen) atoms. The van der Waals surface area contributed by atoms with Gasteiger partial charge < -0.3 is 0 Å². The number of rotatable bonds is 3. The van der Waals surface area contributed by atoms with E-state index in [1.54, 1.807) is 0 Å². The molecular weight excluding hydrogens is 228 g/mol. The molecule has 2 aromatic carbocycles. The average Bonchev–Trinajstić information content (AvgIpc) is 2.29. The summed E-state index contributed by atoms with van der Waals surface area (Å²) in [5.74, 6) is 0. The van der Waals surface area contributed by atoms with Gasteiger partial charge in [0.15, 0.2) is 0 Å². The fraction of sp³-hybridized carbons (Fsp3) is 0.250. The van der Waals surface area contributed by atoms with Gasteiger partial charge in [-0.25, -0.2) is 0 Å². The van der Waals surface area contributed by atoms with Gasteiger partial charge in [-0.2, -0.15) is 0 Å². The van der Waals surface area contributed by atoms with Crippen molar-refractivity contribution in [1.29, 1.82) is 0 Å². The van der Waals surface area contributed by atoms with E-state index in [0.717, 1.165) is 6.42 Å². The third-order valence-electron chi connectivity index (χ3n) is 2.86. The van der Waals surface area contributed by atoms with Crippen LogP contribution >= 0.6 is 11.6 Å². The van der Waals surface area contributed by atoms with Crippen molar-refractivity contribution in [2.24, 2.45) is 0 Å². The second-order valence-electron chi connectivity index (χ2n) is 4.58. The lowest BCUT2D eigenvalue weighted by Crippen LogP contribution is -1.97. The van der Waals surface area contributed by atoms with Crippen molar-refractivity contribution < 1.29 is 0 Å². The van der Waals surface area contributed by atoms with Crippen LogP contribution in [0.2, 0.25) is 0 Å². The molecule has 0 aliphatic heterocycles. The molecule has 0 bridgehead atoms. The molecule has 0 aromatic heterocycles. The summed E-state index contributed by atoms with van der Waals surface area (Å²) in [6, 6.07) is 16.9. The highest BCUT2D eigenvalue weighted by atomic mass is 35.5. The van der Waals surface area contributed by atoms with E-state index in [-0.39, 0.29) is 5.38 Å². The van der Waals surface area contributed by atoms with E-state index in [0.29, 0.717) is 0 Å². The molecule has 1 atom stereocenters.